The van der Waals surface area contributed by atoms with Crippen molar-refractivity contribution in [3.8, 4) is 5.75 Å². The Kier molecular flexibility index (Phi) is 2.66. The Labute approximate surface area is 114 Å². The molecule has 0 radical (unpaired) electrons. The summed E-state index contributed by atoms with van der Waals surface area (Å²) < 4.78 is 0. The largest absolute Gasteiger partial charge is 0.506 e. The van der Waals surface area contributed by atoms with Gasteiger partial charge in [-0.3, -0.25) is 0 Å². The van der Waals surface area contributed by atoms with Crippen LogP contribution >= 0.6 is 0 Å². The van der Waals surface area contributed by atoms with Crippen LogP contribution in [0.4, 0.5) is 11.4 Å². The molecule has 1 aliphatic carbocycles. The summed E-state index contributed by atoms with van der Waals surface area (Å²) in [6.07, 6.45) is 4.04. The van der Waals surface area contributed by atoms with Gasteiger partial charge >= 0.3 is 0 Å². The van der Waals surface area contributed by atoms with Gasteiger partial charge in [0, 0.05) is 11.9 Å². The van der Waals surface area contributed by atoms with Gasteiger partial charge in [0.25, 0.3) is 0 Å². The number of hydrogen-bond donors (Lipinski definition) is 2. The summed E-state index contributed by atoms with van der Waals surface area (Å²) in [5.74, 6) is 0.834. The molecule has 1 saturated carbocycles. The number of anilines is 1. The molecule has 1 heterocycles. The molecule has 0 saturated heterocycles. The molecular formula is C16H20N2O. The number of phenolic OH excluding ortho intramolecular Hbond substituents is 1. The number of nitrogens with one attached hydrogen (secondary N) is 1. The van der Waals surface area contributed by atoms with Crippen LogP contribution in [0.3, 0.4) is 0 Å². The van der Waals surface area contributed by atoms with E-state index < -0.39 is 0 Å². The van der Waals surface area contributed by atoms with E-state index in [1.807, 2.05) is 12.1 Å². The molecule has 100 valence electrons. The maximum atomic E-state index is 9.97. The lowest BCUT2D eigenvalue weighted by atomic mass is 9.67. The summed E-state index contributed by atoms with van der Waals surface area (Å²) in [4.78, 5) is 4.71. The first kappa shape index (κ1) is 12.3. The van der Waals surface area contributed by atoms with E-state index in [9.17, 15) is 5.11 Å². The van der Waals surface area contributed by atoms with Gasteiger partial charge in [-0.15, -0.1) is 0 Å². The molecular weight excluding hydrogens is 236 g/mol. The molecule has 1 atom stereocenters. The highest BCUT2D eigenvalue weighted by Crippen LogP contribution is 2.45. The van der Waals surface area contributed by atoms with Crippen LogP contribution in [0.1, 0.15) is 33.6 Å². The van der Waals surface area contributed by atoms with Crippen molar-refractivity contribution in [2.75, 3.05) is 5.32 Å². The molecule has 3 nitrogen and oxygen atoms in total. The third kappa shape index (κ3) is 2.03. The van der Waals surface area contributed by atoms with Gasteiger partial charge in [0.15, 0.2) is 0 Å². The van der Waals surface area contributed by atoms with Gasteiger partial charge in [0.2, 0.25) is 0 Å². The molecule has 2 N–H and O–H groups in total. The minimum Gasteiger partial charge on any atom is -0.506 e. The molecule has 19 heavy (non-hydrogen) atoms. The van der Waals surface area contributed by atoms with E-state index in [2.05, 4.69) is 32.3 Å². The van der Waals surface area contributed by atoms with Gasteiger partial charge in [0.05, 0.1) is 5.69 Å². The number of rotatable bonds is 0. The first-order chi connectivity index (χ1) is 8.97. The van der Waals surface area contributed by atoms with E-state index in [4.69, 9.17) is 4.99 Å². The molecule has 0 unspecified atom stereocenters. The van der Waals surface area contributed by atoms with Gasteiger partial charge in [0.1, 0.15) is 11.4 Å². The van der Waals surface area contributed by atoms with Crippen molar-refractivity contribution < 1.29 is 5.11 Å². The maximum Gasteiger partial charge on any atom is 0.143 e. The highest BCUT2D eigenvalue weighted by molar-refractivity contribution is 6.05. The van der Waals surface area contributed by atoms with Crippen LogP contribution in [0.5, 0.6) is 5.75 Å². The van der Waals surface area contributed by atoms with Crippen LogP contribution in [0, 0.1) is 11.3 Å². The number of aromatic hydroxyl groups is 1. The van der Waals surface area contributed by atoms with Gasteiger partial charge in [-0.2, -0.15) is 0 Å². The molecule has 3 rings (SSSR count). The zero-order valence-electron chi connectivity index (χ0n) is 11.7. The number of para-hydroxylation sites is 1. The normalized spacial score (nSPS) is 24.3. The third-order valence-electron chi connectivity index (χ3n) is 4.51. The highest BCUT2D eigenvalue weighted by Gasteiger charge is 2.35. The van der Waals surface area contributed by atoms with E-state index in [1.165, 1.54) is 5.57 Å². The molecule has 0 spiro atoms. The number of fused-ring (bicyclic) bond motifs is 2. The van der Waals surface area contributed by atoms with Gasteiger partial charge in [-0.05, 0) is 41.9 Å². The average molecular weight is 256 g/mol. The molecule has 1 aromatic carbocycles. The number of phenols is 1. The van der Waals surface area contributed by atoms with Crippen molar-refractivity contribution in [3.63, 3.8) is 0 Å². The molecule has 3 heteroatoms. The fourth-order valence-electron chi connectivity index (χ4n) is 2.78. The topological polar surface area (TPSA) is 44.6 Å². The predicted octanol–water partition coefficient (Wildman–Crippen LogP) is 4.23. The second-order valence-corrected chi connectivity index (χ2v) is 6.32. The van der Waals surface area contributed by atoms with Crippen molar-refractivity contribution in [2.24, 2.45) is 16.3 Å². The molecule has 2 aliphatic rings. The lowest BCUT2D eigenvalue weighted by Crippen LogP contribution is -2.31. The number of nitrogens with zero attached hydrogens (tertiary/aromatic N) is 1. The Morgan fingerprint density at radius 1 is 1.37 bits per heavy atom. The average Bonchev–Trinajstić information content (AvgIpc) is 2.51. The van der Waals surface area contributed by atoms with Crippen molar-refractivity contribution in [1.82, 2.24) is 0 Å². The lowest BCUT2D eigenvalue weighted by Gasteiger charge is -2.38. The molecule has 1 fully saturated rings. The maximum absolute atomic E-state index is 9.97. The highest BCUT2D eigenvalue weighted by atomic mass is 16.3. The Hall–Kier alpha value is -1.77. The zero-order valence-corrected chi connectivity index (χ0v) is 11.7. The number of aliphatic imine (C=N–C) groups is 1. The zero-order chi connectivity index (χ0) is 13.6. The minimum atomic E-state index is 0.240. The Bertz CT molecular complexity index is 584. The first-order valence-electron chi connectivity index (χ1n) is 6.83. The minimum absolute atomic E-state index is 0.240. The van der Waals surface area contributed by atoms with Crippen LogP contribution in [0.15, 0.2) is 35.0 Å². The SMILES string of the molecule is C[C@@H]1CC2=Nc3c(O)cccc3NC=C2CC1(C)C. The molecule has 1 aliphatic heterocycles. The summed E-state index contributed by atoms with van der Waals surface area (Å²) in [5, 5.41) is 13.3. The fourth-order valence-corrected chi connectivity index (χ4v) is 2.78. The Balaban J connectivity index is 2.07. The number of allylic oxidation sites excluding steroid dienone is 1. The summed E-state index contributed by atoms with van der Waals surface area (Å²) in [5.41, 5.74) is 4.21. The fraction of sp³-hybridized carbons (Fsp3) is 0.438. The molecule has 1 aromatic rings. The summed E-state index contributed by atoms with van der Waals surface area (Å²) in [7, 11) is 0. The monoisotopic (exact) mass is 256 g/mol. The Morgan fingerprint density at radius 2 is 2.16 bits per heavy atom. The van der Waals surface area contributed by atoms with Crippen LogP contribution in [0.2, 0.25) is 0 Å². The third-order valence-corrected chi connectivity index (χ3v) is 4.51. The lowest BCUT2D eigenvalue weighted by molar-refractivity contribution is 0.226. The van der Waals surface area contributed by atoms with Crippen molar-refractivity contribution in [3.05, 3.63) is 30.0 Å². The standard InChI is InChI=1S/C16H20N2O/c1-10-7-13-11(8-16(10,2)3)9-17-12-5-4-6-14(19)15(12)18-13/h4-6,9-10,17,19H,7-8H2,1-3H3/t10-/m1/s1. The van der Waals surface area contributed by atoms with Crippen LogP contribution < -0.4 is 5.32 Å². The predicted molar refractivity (Wildman–Crippen MR) is 79.1 cm³/mol. The number of benzene rings is 1. The molecule has 0 amide bonds. The van der Waals surface area contributed by atoms with Crippen LogP contribution in [0.25, 0.3) is 0 Å². The van der Waals surface area contributed by atoms with Gasteiger partial charge in [-0.25, -0.2) is 4.99 Å². The summed E-state index contributed by atoms with van der Waals surface area (Å²) in [6, 6.07) is 5.47. The van der Waals surface area contributed by atoms with Crippen LogP contribution in [-0.4, -0.2) is 10.8 Å². The second-order valence-electron chi connectivity index (χ2n) is 6.32. The van der Waals surface area contributed by atoms with Crippen molar-refractivity contribution in [1.29, 1.82) is 0 Å². The van der Waals surface area contributed by atoms with Crippen molar-refractivity contribution >= 4 is 17.1 Å². The van der Waals surface area contributed by atoms with E-state index in [0.717, 1.165) is 24.2 Å². The second kappa shape index (κ2) is 4.12. The quantitative estimate of drug-likeness (QED) is 0.729. The van der Waals surface area contributed by atoms with E-state index in [0.29, 0.717) is 17.0 Å². The Morgan fingerprint density at radius 3 is 2.95 bits per heavy atom. The van der Waals surface area contributed by atoms with E-state index in [1.54, 1.807) is 6.07 Å². The van der Waals surface area contributed by atoms with E-state index >= 15 is 0 Å². The smallest absolute Gasteiger partial charge is 0.143 e. The van der Waals surface area contributed by atoms with Gasteiger partial charge in [-0.1, -0.05) is 26.8 Å². The first-order valence-corrected chi connectivity index (χ1v) is 6.83. The van der Waals surface area contributed by atoms with Crippen molar-refractivity contribution in [2.45, 2.75) is 33.6 Å². The van der Waals surface area contributed by atoms with Gasteiger partial charge < -0.3 is 10.4 Å². The summed E-state index contributed by atoms with van der Waals surface area (Å²) in [6.45, 7) is 6.90. The van der Waals surface area contributed by atoms with E-state index in [-0.39, 0.29) is 5.75 Å². The summed E-state index contributed by atoms with van der Waals surface area (Å²) >= 11 is 0. The molecule has 0 aromatic heterocycles. The number of hydrogen-bond acceptors (Lipinski definition) is 3. The van der Waals surface area contributed by atoms with Crippen LogP contribution in [-0.2, 0) is 0 Å². The molecule has 0 bridgehead atoms.